The molecule has 0 fully saturated rings. The second-order valence-corrected chi connectivity index (χ2v) is 6.93. The Labute approximate surface area is 156 Å². The third-order valence-corrected chi connectivity index (χ3v) is 4.88. The summed E-state index contributed by atoms with van der Waals surface area (Å²) in [7, 11) is 4.65. The van der Waals surface area contributed by atoms with Gasteiger partial charge in [-0.05, 0) is 31.2 Å². The monoisotopic (exact) mass is 381 g/mol. The molecule has 0 saturated heterocycles. The van der Waals surface area contributed by atoms with E-state index < -0.39 is 0 Å². The van der Waals surface area contributed by atoms with Crippen molar-refractivity contribution in [2.45, 2.75) is 17.1 Å². The van der Waals surface area contributed by atoms with E-state index >= 15 is 0 Å². The quantitative estimate of drug-likeness (QED) is 0.716. The highest BCUT2D eigenvalue weighted by Gasteiger charge is 2.18. The Morgan fingerprint density at radius 1 is 1.04 bits per heavy atom. The Morgan fingerprint density at radius 2 is 1.68 bits per heavy atom. The van der Waals surface area contributed by atoms with Crippen LogP contribution in [0.15, 0.2) is 41.3 Å². The molecule has 0 aliphatic heterocycles. The number of anilines is 1. The largest absolute Gasteiger partial charge is 0.497 e. The van der Waals surface area contributed by atoms with Crippen molar-refractivity contribution < 1.29 is 19.0 Å². The smallest absolute Gasteiger partial charge is 0.237 e. The Morgan fingerprint density at radius 3 is 2.24 bits per heavy atom. The number of hydrogen-bond acceptors (Lipinski definition) is 5. The van der Waals surface area contributed by atoms with Gasteiger partial charge >= 0.3 is 0 Å². The lowest BCUT2D eigenvalue weighted by Crippen LogP contribution is -2.22. The highest BCUT2D eigenvalue weighted by Crippen LogP contribution is 2.36. The molecule has 1 atom stereocenters. The van der Waals surface area contributed by atoms with E-state index in [0.717, 1.165) is 10.6 Å². The first-order valence-electron chi connectivity index (χ1n) is 7.51. The van der Waals surface area contributed by atoms with Gasteiger partial charge in [-0.3, -0.25) is 4.79 Å². The minimum Gasteiger partial charge on any atom is -0.497 e. The highest BCUT2D eigenvalue weighted by molar-refractivity contribution is 8.00. The summed E-state index contributed by atoms with van der Waals surface area (Å²) >= 11 is 7.53. The number of carbonyl (C=O) groups excluding carboxylic acids is 1. The lowest BCUT2D eigenvalue weighted by molar-refractivity contribution is -0.115. The fraction of sp³-hybridized carbons (Fsp3) is 0.278. The van der Waals surface area contributed by atoms with E-state index in [1.165, 1.54) is 26.0 Å². The van der Waals surface area contributed by atoms with E-state index in [0.29, 0.717) is 22.2 Å². The minimum atomic E-state index is -0.306. The van der Waals surface area contributed by atoms with Crippen LogP contribution >= 0.6 is 23.4 Å². The van der Waals surface area contributed by atoms with Gasteiger partial charge in [0, 0.05) is 17.0 Å². The lowest BCUT2D eigenvalue weighted by Gasteiger charge is -2.16. The van der Waals surface area contributed by atoms with Crippen LogP contribution in [0.2, 0.25) is 5.02 Å². The van der Waals surface area contributed by atoms with Crippen LogP contribution < -0.4 is 19.5 Å². The van der Waals surface area contributed by atoms with Crippen molar-refractivity contribution >= 4 is 35.0 Å². The highest BCUT2D eigenvalue weighted by atomic mass is 35.5. The fourth-order valence-corrected chi connectivity index (χ4v) is 3.20. The van der Waals surface area contributed by atoms with E-state index in [4.69, 9.17) is 25.8 Å². The van der Waals surface area contributed by atoms with Gasteiger partial charge in [0.1, 0.15) is 17.2 Å². The third-order valence-electron chi connectivity index (χ3n) is 3.47. The molecule has 0 aliphatic carbocycles. The SMILES string of the molecule is COc1ccc(S[C@@H](C)C(=O)Nc2cc(OC)c(Cl)cc2OC)cc1. The second kappa shape index (κ2) is 8.87. The number of carbonyl (C=O) groups is 1. The van der Waals surface area contributed by atoms with Gasteiger partial charge in [0.2, 0.25) is 5.91 Å². The van der Waals surface area contributed by atoms with E-state index in [9.17, 15) is 4.79 Å². The zero-order valence-electron chi connectivity index (χ0n) is 14.5. The molecular weight excluding hydrogens is 362 g/mol. The lowest BCUT2D eigenvalue weighted by atomic mass is 10.2. The molecule has 25 heavy (non-hydrogen) atoms. The molecule has 0 saturated carbocycles. The summed E-state index contributed by atoms with van der Waals surface area (Å²) in [4.78, 5) is 13.5. The van der Waals surface area contributed by atoms with Crippen LogP contribution in [0.25, 0.3) is 0 Å². The van der Waals surface area contributed by atoms with Crippen molar-refractivity contribution in [3.05, 3.63) is 41.4 Å². The molecule has 0 heterocycles. The normalized spacial score (nSPS) is 11.6. The van der Waals surface area contributed by atoms with E-state index in [-0.39, 0.29) is 11.2 Å². The number of benzene rings is 2. The first-order valence-corrected chi connectivity index (χ1v) is 8.77. The van der Waals surface area contributed by atoms with E-state index in [1.54, 1.807) is 19.2 Å². The Kier molecular flexibility index (Phi) is 6.84. The average molecular weight is 382 g/mol. The van der Waals surface area contributed by atoms with Crippen LogP contribution in [0.3, 0.4) is 0 Å². The van der Waals surface area contributed by atoms with Crippen molar-refractivity contribution in [3.63, 3.8) is 0 Å². The Bertz CT molecular complexity index is 737. The third kappa shape index (κ3) is 4.96. The molecule has 0 unspecified atom stereocenters. The molecule has 7 heteroatoms. The Hall–Kier alpha value is -2.05. The van der Waals surface area contributed by atoms with Crippen molar-refractivity contribution in [2.24, 2.45) is 0 Å². The van der Waals surface area contributed by atoms with Crippen LogP contribution in [0.5, 0.6) is 17.2 Å². The maximum absolute atomic E-state index is 12.5. The minimum absolute atomic E-state index is 0.150. The van der Waals surface area contributed by atoms with Crippen molar-refractivity contribution in [3.8, 4) is 17.2 Å². The first kappa shape index (κ1) is 19.3. The summed E-state index contributed by atoms with van der Waals surface area (Å²) in [6, 6.07) is 10.8. The van der Waals surface area contributed by atoms with Gasteiger partial charge in [-0.15, -0.1) is 11.8 Å². The number of hydrogen-bond donors (Lipinski definition) is 1. The molecule has 0 bridgehead atoms. The average Bonchev–Trinajstić information content (AvgIpc) is 2.63. The molecule has 1 N–H and O–H groups in total. The summed E-state index contributed by atoms with van der Waals surface area (Å²) in [5.41, 5.74) is 0.510. The van der Waals surface area contributed by atoms with Crippen LogP contribution in [-0.4, -0.2) is 32.5 Å². The summed E-state index contributed by atoms with van der Waals surface area (Å²) in [6.07, 6.45) is 0. The van der Waals surface area contributed by atoms with Gasteiger partial charge in [-0.1, -0.05) is 11.6 Å². The predicted octanol–water partition coefficient (Wildman–Crippen LogP) is 4.49. The number of halogens is 1. The van der Waals surface area contributed by atoms with Crippen LogP contribution in [0.4, 0.5) is 5.69 Å². The topological polar surface area (TPSA) is 56.8 Å². The number of amides is 1. The molecule has 0 aliphatic rings. The zero-order chi connectivity index (χ0) is 18.4. The number of ether oxygens (including phenoxy) is 3. The standard InChI is InChI=1S/C18H20ClNO4S/c1-11(25-13-7-5-12(22-2)6-8-13)18(21)20-15-10-16(23-3)14(19)9-17(15)24-4/h5-11H,1-4H3,(H,20,21)/t11-/m0/s1. The van der Waals surface area contributed by atoms with Gasteiger partial charge in [0.25, 0.3) is 0 Å². The van der Waals surface area contributed by atoms with E-state index in [2.05, 4.69) is 5.32 Å². The molecule has 0 aromatic heterocycles. The molecule has 1 amide bonds. The molecule has 0 radical (unpaired) electrons. The van der Waals surface area contributed by atoms with Crippen molar-refractivity contribution in [1.29, 1.82) is 0 Å². The maximum atomic E-state index is 12.5. The predicted molar refractivity (Wildman–Crippen MR) is 101 cm³/mol. The number of methoxy groups -OCH3 is 3. The van der Waals surface area contributed by atoms with Crippen molar-refractivity contribution in [1.82, 2.24) is 0 Å². The molecule has 0 spiro atoms. The molecule has 2 aromatic carbocycles. The van der Waals surface area contributed by atoms with Gasteiger partial charge < -0.3 is 19.5 Å². The summed E-state index contributed by atoms with van der Waals surface area (Å²) < 4.78 is 15.6. The van der Waals surface area contributed by atoms with Crippen LogP contribution in [0, 0.1) is 0 Å². The second-order valence-electron chi connectivity index (χ2n) is 5.11. The number of rotatable bonds is 7. The molecule has 2 rings (SSSR count). The Balaban J connectivity index is 2.09. The molecule has 2 aromatic rings. The van der Waals surface area contributed by atoms with Crippen LogP contribution in [-0.2, 0) is 4.79 Å². The first-order chi connectivity index (χ1) is 12.0. The van der Waals surface area contributed by atoms with Crippen molar-refractivity contribution in [2.75, 3.05) is 26.6 Å². The van der Waals surface area contributed by atoms with Gasteiger partial charge in [-0.25, -0.2) is 0 Å². The van der Waals surface area contributed by atoms with E-state index in [1.807, 2.05) is 31.2 Å². The van der Waals surface area contributed by atoms with Gasteiger partial charge in [0.05, 0.1) is 37.3 Å². The molecule has 134 valence electrons. The maximum Gasteiger partial charge on any atom is 0.237 e. The van der Waals surface area contributed by atoms with Gasteiger partial charge in [0.15, 0.2) is 0 Å². The fourth-order valence-electron chi connectivity index (χ4n) is 2.10. The number of nitrogens with one attached hydrogen (secondary N) is 1. The summed E-state index contributed by atoms with van der Waals surface area (Å²) in [6.45, 7) is 1.84. The molecule has 5 nitrogen and oxygen atoms in total. The summed E-state index contributed by atoms with van der Waals surface area (Å²) in [5, 5.41) is 2.97. The molecular formula is C18H20ClNO4S. The zero-order valence-corrected chi connectivity index (χ0v) is 16.0. The van der Waals surface area contributed by atoms with Gasteiger partial charge in [-0.2, -0.15) is 0 Å². The van der Waals surface area contributed by atoms with Crippen LogP contribution in [0.1, 0.15) is 6.92 Å². The number of thioether (sulfide) groups is 1. The summed E-state index contributed by atoms with van der Waals surface area (Å²) in [5.74, 6) is 1.57.